The maximum absolute atomic E-state index is 13.3. The molecule has 0 aliphatic rings. The molecule has 1 N–H and O–H groups in total. The highest BCUT2D eigenvalue weighted by atomic mass is 19.1. The molecule has 0 bridgehead atoms. The molecule has 0 atom stereocenters. The Morgan fingerprint density at radius 3 is 2.83 bits per heavy atom. The minimum Gasteiger partial charge on any atom is -0.347 e. The topological polar surface area (TPSA) is 54.9 Å². The van der Waals surface area contributed by atoms with Crippen LogP contribution in [-0.2, 0) is 6.54 Å². The third-order valence-corrected chi connectivity index (χ3v) is 2.41. The number of nitrogens with one attached hydrogen (secondary N) is 1. The van der Waals surface area contributed by atoms with Crippen LogP contribution in [0.15, 0.2) is 36.5 Å². The summed E-state index contributed by atoms with van der Waals surface area (Å²) >= 11 is 0. The van der Waals surface area contributed by atoms with Crippen LogP contribution in [0.1, 0.15) is 21.9 Å². The van der Waals surface area contributed by atoms with Crippen LogP contribution in [0.5, 0.6) is 0 Å². The Bertz CT molecular complexity index is 572. The molecule has 18 heavy (non-hydrogen) atoms. The van der Waals surface area contributed by atoms with Gasteiger partial charge in [0.2, 0.25) is 0 Å². The molecule has 0 saturated heterocycles. The van der Waals surface area contributed by atoms with Gasteiger partial charge in [-0.3, -0.25) is 4.79 Å². The van der Waals surface area contributed by atoms with Crippen LogP contribution in [0, 0.1) is 12.7 Å². The van der Waals surface area contributed by atoms with Crippen molar-refractivity contribution in [3.63, 3.8) is 0 Å². The van der Waals surface area contributed by atoms with E-state index in [1.807, 2.05) is 0 Å². The van der Waals surface area contributed by atoms with Gasteiger partial charge in [0, 0.05) is 18.3 Å². The molecule has 5 heteroatoms. The first-order valence-electron chi connectivity index (χ1n) is 5.48. The molecule has 92 valence electrons. The van der Waals surface area contributed by atoms with Gasteiger partial charge in [0.15, 0.2) is 0 Å². The zero-order valence-corrected chi connectivity index (χ0v) is 9.85. The summed E-state index contributed by atoms with van der Waals surface area (Å²) in [7, 11) is 0. The Kier molecular flexibility index (Phi) is 3.62. The molecule has 0 saturated carbocycles. The van der Waals surface area contributed by atoms with Crippen molar-refractivity contribution in [1.29, 1.82) is 0 Å². The number of carbonyl (C=O) groups is 1. The highest BCUT2D eigenvalue weighted by Crippen LogP contribution is 2.06. The molecule has 0 radical (unpaired) electrons. The lowest BCUT2D eigenvalue weighted by Crippen LogP contribution is -2.24. The van der Waals surface area contributed by atoms with E-state index in [9.17, 15) is 9.18 Å². The van der Waals surface area contributed by atoms with Crippen LogP contribution in [0.4, 0.5) is 4.39 Å². The summed E-state index contributed by atoms with van der Waals surface area (Å²) in [5.74, 6) is -0.158. The maximum atomic E-state index is 13.3. The third-order valence-electron chi connectivity index (χ3n) is 2.41. The molecule has 4 nitrogen and oxygen atoms in total. The zero-order valence-electron chi connectivity index (χ0n) is 9.85. The lowest BCUT2D eigenvalue weighted by molar-refractivity contribution is 0.0945. The predicted molar refractivity (Wildman–Crippen MR) is 64.3 cm³/mol. The van der Waals surface area contributed by atoms with Crippen molar-refractivity contribution in [3.05, 3.63) is 59.4 Å². The molecule has 0 fully saturated rings. The van der Waals surface area contributed by atoms with E-state index in [4.69, 9.17) is 0 Å². The first kappa shape index (κ1) is 12.2. The number of hydrogen-bond donors (Lipinski definition) is 1. The van der Waals surface area contributed by atoms with Crippen molar-refractivity contribution in [2.24, 2.45) is 0 Å². The average Bonchev–Trinajstić information content (AvgIpc) is 2.37. The van der Waals surface area contributed by atoms with Crippen LogP contribution in [0.25, 0.3) is 0 Å². The number of halogens is 1. The van der Waals surface area contributed by atoms with E-state index in [0.717, 1.165) is 0 Å². The molecular formula is C13H12FN3O. The fourth-order valence-corrected chi connectivity index (χ4v) is 1.49. The van der Waals surface area contributed by atoms with E-state index in [2.05, 4.69) is 15.3 Å². The molecular weight excluding hydrogens is 233 g/mol. The number of aromatic nitrogens is 2. The second-order valence-corrected chi connectivity index (χ2v) is 3.76. The molecule has 0 unspecified atom stereocenters. The average molecular weight is 245 g/mol. The number of carbonyl (C=O) groups excluding carboxylic acids is 1. The number of benzene rings is 1. The maximum Gasteiger partial charge on any atom is 0.270 e. The highest BCUT2D eigenvalue weighted by molar-refractivity contribution is 5.92. The minimum absolute atomic E-state index is 0.133. The molecule has 2 rings (SSSR count). The van der Waals surface area contributed by atoms with Crippen molar-refractivity contribution >= 4 is 5.91 Å². The van der Waals surface area contributed by atoms with Crippen molar-refractivity contribution in [1.82, 2.24) is 15.3 Å². The van der Waals surface area contributed by atoms with Gasteiger partial charge < -0.3 is 5.32 Å². The Hall–Kier alpha value is -2.30. The van der Waals surface area contributed by atoms with Gasteiger partial charge in [0.05, 0.1) is 0 Å². The number of aryl methyl sites for hydroxylation is 1. The van der Waals surface area contributed by atoms with Gasteiger partial charge in [0.25, 0.3) is 5.91 Å². The monoisotopic (exact) mass is 245 g/mol. The smallest absolute Gasteiger partial charge is 0.270 e. The number of amides is 1. The fraction of sp³-hybridized carbons (Fsp3) is 0.154. The SMILES string of the molecule is Cc1nccc(C(=O)NCc2ccccc2F)n1. The van der Waals surface area contributed by atoms with E-state index >= 15 is 0 Å². The van der Waals surface area contributed by atoms with Gasteiger partial charge in [-0.15, -0.1) is 0 Å². The van der Waals surface area contributed by atoms with Gasteiger partial charge in [-0.25, -0.2) is 14.4 Å². The molecule has 1 aromatic carbocycles. The first-order valence-corrected chi connectivity index (χ1v) is 5.48. The quantitative estimate of drug-likeness (QED) is 0.897. The standard InChI is InChI=1S/C13H12FN3O/c1-9-15-7-6-12(17-9)13(18)16-8-10-4-2-3-5-11(10)14/h2-7H,8H2,1H3,(H,16,18). The van der Waals surface area contributed by atoms with Crippen molar-refractivity contribution in [2.45, 2.75) is 13.5 Å². The van der Waals surface area contributed by atoms with Crippen LogP contribution < -0.4 is 5.32 Å². The highest BCUT2D eigenvalue weighted by Gasteiger charge is 2.08. The third kappa shape index (κ3) is 2.88. The normalized spacial score (nSPS) is 10.1. The van der Waals surface area contributed by atoms with E-state index < -0.39 is 0 Å². The summed E-state index contributed by atoms with van der Waals surface area (Å²) in [6.07, 6.45) is 1.51. The summed E-state index contributed by atoms with van der Waals surface area (Å²) in [4.78, 5) is 19.7. The van der Waals surface area contributed by atoms with E-state index in [1.165, 1.54) is 18.3 Å². The lowest BCUT2D eigenvalue weighted by Gasteiger charge is -2.05. The molecule has 1 amide bonds. The summed E-state index contributed by atoms with van der Waals surface area (Å²) < 4.78 is 13.3. The van der Waals surface area contributed by atoms with Crippen molar-refractivity contribution in [3.8, 4) is 0 Å². The van der Waals surface area contributed by atoms with E-state index in [-0.39, 0.29) is 24.0 Å². The fourth-order valence-electron chi connectivity index (χ4n) is 1.49. The van der Waals surface area contributed by atoms with E-state index in [1.54, 1.807) is 25.1 Å². The second-order valence-electron chi connectivity index (χ2n) is 3.76. The predicted octanol–water partition coefficient (Wildman–Crippen LogP) is 1.85. The van der Waals surface area contributed by atoms with Gasteiger partial charge in [-0.05, 0) is 19.1 Å². The first-order chi connectivity index (χ1) is 8.66. The van der Waals surface area contributed by atoms with Crippen LogP contribution >= 0.6 is 0 Å². The van der Waals surface area contributed by atoms with Crippen molar-refractivity contribution in [2.75, 3.05) is 0 Å². The molecule has 0 aliphatic heterocycles. The Balaban J connectivity index is 2.03. The molecule has 1 aromatic heterocycles. The van der Waals surface area contributed by atoms with Crippen LogP contribution in [0.3, 0.4) is 0 Å². The molecule has 0 spiro atoms. The Morgan fingerprint density at radius 2 is 2.11 bits per heavy atom. The summed E-state index contributed by atoms with van der Waals surface area (Å²) in [5, 5.41) is 2.61. The van der Waals surface area contributed by atoms with Gasteiger partial charge in [-0.2, -0.15) is 0 Å². The van der Waals surface area contributed by atoms with Crippen LogP contribution in [-0.4, -0.2) is 15.9 Å². The number of nitrogens with zero attached hydrogens (tertiary/aromatic N) is 2. The summed E-state index contributed by atoms with van der Waals surface area (Å²) in [5.41, 5.74) is 0.718. The molecule has 1 heterocycles. The number of hydrogen-bond acceptors (Lipinski definition) is 3. The zero-order chi connectivity index (χ0) is 13.0. The molecule has 0 aliphatic carbocycles. The second kappa shape index (κ2) is 5.35. The van der Waals surface area contributed by atoms with Crippen LogP contribution in [0.2, 0.25) is 0 Å². The Morgan fingerprint density at radius 1 is 1.33 bits per heavy atom. The number of rotatable bonds is 3. The lowest BCUT2D eigenvalue weighted by atomic mass is 10.2. The molecule has 2 aromatic rings. The summed E-state index contributed by atoms with van der Waals surface area (Å²) in [6.45, 7) is 1.84. The summed E-state index contributed by atoms with van der Waals surface area (Å²) in [6, 6.07) is 7.83. The van der Waals surface area contributed by atoms with Gasteiger partial charge in [-0.1, -0.05) is 18.2 Å². The van der Waals surface area contributed by atoms with Gasteiger partial charge >= 0.3 is 0 Å². The largest absolute Gasteiger partial charge is 0.347 e. The van der Waals surface area contributed by atoms with E-state index in [0.29, 0.717) is 11.4 Å². The van der Waals surface area contributed by atoms with Gasteiger partial charge in [0.1, 0.15) is 17.3 Å². The van der Waals surface area contributed by atoms with Crippen molar-refractivity contribution < 1.29 is 9.18 Å². The minimum atomic E-state index is -0.344. The Labute approximate surface area is 104 Å².